The number of rotatable bonds is 9. The van der Waals surface area contributed by atoms with Gasteiger partial charge in [0.05, 0.1) is 0 Å². The molecular weight excluding hydrogens is 256 g/mol. The minimum atomic E-state index is 0.604. The van der Waals surface area contributed by atoms with E-state index in [1.807, 2.05) is 6.08 Å². The van der Waals surface area contributed by atoms with E-state index in [9.17, 15) is 0 Å². The van der Waals surface area contributed by atoms with E-state index in [-0.39, 0.29) is 0 Å². The highest BCUT2D eigenvalue weighted by molar-refractivity contribution is 5.25. The van der Waals surface area contributed by atoms with Crippen molar-refractivity contribution in [2.24, 2.45) is 0 Å². The predicted molar refractivity (Wildman–Crippen MR) is 89.5 cm³/mol. The second-order valence-corrected chi connectivity index (χ2v) is 6.77. The molecule has 3 rings (SSSR count). The number of nitrogens with one attached hydrogen (secondary N) is 1. The molecule has 0 saturated heterocycles. The fraction of sp³-hybridized carbons (Fsp3) is 0.579. The molecule has 2 saturated carbocycles. The van der Waals surface area contributed by atoms with Crippen LogP contribution in [0.4, 0.5) is 0 Å². The van der Waals surface area contributed by atoms with E-state index in [2.05, 4.69) is 48.0 Å². The normalized spacial score (nSPS) is 19.7. The maximum absolute atomic E-state index is 3.88. The summed E-state index contributed by atoms with van der Waals surface area (Å²) in [6.45, 7) is 9.37. The van der Waals surface area contributed by atoms with Crippen molar-refractivity contribution in [3.8, 4) is 0 Å². The van der Waals surface area contributed by atoms with Gasteiger partial charge in [-0.3, -0.25) is 4.90 Å². The lowest BCUT2D eigenvalue weighted by molar-refractivity contribution is 0.284. The van der Waals surface area contributed by atoms with Gasteiger partial charge in [0.1, 0.15) is 0 Å². The Kier molecular flexibility index (Phi) is 4.77. The monoisotopic (exact) mass is 284 g/mol. The molecule has 0 spiro atoms. The molecule has 2 nitrogen and oxygen atoms in total. The summed E-state index contributed by atoms with van der Waals surface area (Å²) in [5.41, 5.74) is 2.88. The van der Waals surface area contributed by atoms with Gasteiger partial charge >= 0.3 is 0 Å². The van der Waals surface area contributed by atoms with Crippen molar-refractivity contribution in [1.29, 1.82) is 0 Å². The van der Waals surface area contributed by atoms with Crippen LogP contribution in [0.2, 0.25) is 0 Å². The van der Waals surface area contributed by atoms with Crippen LogP contribution >= 0.6 is 0 Å². The molecule has 2 aliphatic carbocycles. The molecular formula is C19H28N2. The van der Waals surface area contributed by atoms with Crippen LogP contribution in [0.25, 0.3) is 0 Å². The molecule has 0 amide bonds. The smallest absolute Gasteiger partial charge is 0.0239 e. The maximum Gasteiger partial charge on any atom is 0.0239 e. The summed E-state index contributed by atoms with van der Waals surface area (Å²) in [6, 6.07) is 10.8. The van der Waals surface area contributed by atoms with Crippen LogP contribution in [0.3, 0.4) is 0 Å². The van der Waals surface area contributed by atoms with Crippen molar-refractivity contribution in [3.63, 3.8) is 0 Å². The first-order valence-electron chi connectivity index (χ1n) is 8.43. The van der Waals surface area contributed by atoms with Crippen molar-refractivity contribution in [1.82, 2.24) is 10.2 Å². The highest BCUT2D eigenvalue weighted by Crippen LogP contribution is 2.28. The largest absolute Gasteiger partial charge is 0.313 e. The van der Waals surface area contributed by atoms with Gasteiger partial charge in [-0.2, -0.15) is 0 Å². The van der Waals surface area contributed by atoms with E-state index in [0.717, 1.165) is 31.7 Å². The van der Waals surface area contributed by atoms with Crippen LogP contribution in [0.15, 0.2) is 36.9 Å². The zero-order valence-electron chi connectivity index (χ0n) is 13.2. The van der Waals surface area contributed by atoms with Crippen LogP contribution < -0.4 is 5.32 Å². The number of benzene rings is 1. The molecule has 1 N–H and O–H groups in total. The standard InChI is InChI=1S/C19H28N2/c1-3-12-21(19-10-11-19)14-16-4-6-17(7-5-16)15(2)13-20-18-8-9-18/h3-7,15,18-20H,1,8-14H2,2H3. The van der Waals surface area contributed by atoms with E-state index < -0.39 is 0 Å². The van der Waals surface area contributed by atoms with E-state index in [0.29, 0.717) is 5.92 Å². The molecule has 2 aliphatic rings. The molecule has 1 aromatic rings. The molecule has 0 radical (unpaired) electrons. The quantitative estimate of drug-likeness (QED) is 0.696. The molecule has 1 aromatic carbocycles. The molecule has 2 fully saturated rings. The summed E-state index contributed by atoms with van der Waals surface area (Å²) >= 11 is 0. The SMILES string of the molecule is C=CCN(Cc1ccc(C(C)CNC2CC2)cc1)C1CC1. The summed E-state index contributed by atoms with van der Waals surface area (Å²) in [4.78, 5) is 2.54. The minimum absolute atomic E-state index is 0.604. The maximum atomic E-state index is 3.88. The Hall–Kier alpha value is -1.12. The van der Waals surface area contributed by atoms with E-state index in [1.54, 1.807) is 0 Å². The predicted octanol–water partition coefficient (Wildman–Crippen LogP) is 3.69. The van der Waals surface area contributed by atoms with E-state index >= 15 is 0 Å². The lowest BCUT2D eigenvalue weighted by atomic mass is 9.99. The van der Waals surface area contributed by atoms with Gasteiger partial charge in [-0.05, 0) is 42.7 Å². The summed E-state index contributed by atoms with van der Waals surface area (Å²) < 4.78 is 0. The Balaban J connectivity index is 1.53. The second kappa shape index (κ2) is 6.76. The van der Waals surface area contributed by atoms with Crippen LogP contribution in [0.5, 0.6) is 0 Å². The minimum Gasteiger partial charge on any atom is -0.313 e. The zero-order valence-corrected chi connectivity index (χ0v) is 13.2. The Bertz CT molecular complexity index is 457. The second-order valence-electron chi connectivity index (χ2n) is 6.77. The third kappa shape index (κ3) is 4.42. The summed E-state index contributed by atoms with van der Waals surface area (Å²) in [6.07, 6.45) is 7.47. The van der Waals surface area contributed by atoms with Crippen LogP contribution in [-0.2, 0) is 6.54 Å². The van der Waals surface area contributed by atoms with Gasteiger partial charge in [0, 0.05) is 31.7 Å². The Morgan fingerprint density at radius 2 is 1.95 bits per heavy atom. The van der Waals surface area contributed by atoms with Crippen molar-refractivity contribution < 1.29 is 0 Å². The summed E-state index contributed by atoms with van der Waals surface area (Å²) in [5, 5.41) is 3.62. The molecule has 0 aliphatic heterocycles. The van der Waals surface area contributed by atoms with Gasteiger partial charge < -0.3 is 5.32 Å². The first-order chi connectivity index (χ1) is 10.3. The number of hydrogen-bond acceptors (Lipinski definition) is 2. The van der Waals surface area contributed by atoms with Gasteiger partial charge in [-0.15, -0.1) is 6.58 Å². The fourth-order valence-corrected chi connectivity index (χ4v) is 2.88. The third-order valence-electron chi connectivity index (χ3n) is 4.65. The van der Waals surface area contributed by atoms with Crippen molar-refractivity contribution in [2.45, 2.75) is 57.2 Å². The van der Waals surface area contributed by atoms with Crippen LogP contribution in [-0.4, -0.2) is 30.1 Å². The lowest BCUT2D eigenvalue weighted by Crippen LogP contribution is -2.25. The van der Waals surface area contributed by atoms with Gasteiger partial charge in [-0.25, -0.2) is 0 Å². The molecule has 114 valence electrons. The topological polar surface area (TPSA) is 15.3 Å². The molecule has 1 atom stereocenters. The fourth-order valence-electron chi connectivity index (χ4n) is 2.88. The van der Waals surface area contributed by atoms with Gasteiger partial charge in [0.25, 0.3) is 0 Å². The molecule has 21 heavy (non-hydrogen) atoms. The molecule has 2 heteroatoms. The Morgan fingerprint density at radius 1 is 1.24 bits per heavy atom. The van der Waals surface area contributed by atoms with Crippen molar-refractivity contribution in [2.75, 3.05) is 13.1 Å². The van der Waals surface area contributed by atoms with E-state index in [4.69, 9.17) is 0 Å². The lowest BCUT2D eigenvalue weighted by Gasteiger charge is -2.20. The third-order valence-corrected chi connectivity index (χ3v) is 4.65. The number of hydrogen-bond donors (Lipinski definition) is 1. The van der Waals surface area contributed by atoms with Gasteiger partial charge in [0.2, 0.25) is 0 Å². The molecule has 1 unspecified atom stereocenters. The summed E-state index contributed by atoms with van der Waals surface area (Å²) in [7, 11) is 0. The first kappa shape index (κ1) is 14.8. The average molecular weight is 284 g/mol. The Labute approximate surface area is 129 Å². The van der Waals surface area contributed by atoms with E-state index in [1.165, 1.54) is 36.8 Å². The van der Waals surface area contributed by atoms with Crippen molar-refractivity contribution >= 4 is 0 Å². The molecule has 0 heterocycles. The number of nitrogens with zero attached hydrogens (tertiary/aromatic N) is 1. The van der Waals surface area contributed by atoms with Crippen molar-refractivity contribution in [3.05, 3.63) is 48.0 Å². The first-order valence-corrected chi connectivity index (χ1v) is 8.43. The summed E-state index contributed by atoms with van der Waals surface area (Å²) in [5.74, 6) is 0.604. The Morgan fingerprint density at radius 3 is 2.52 bits per heavy atom. The molecule has 0 aromatic heterocycles. The highest BCUT2D eigenvalue weighted by atomic mass is 15.2. The van der Waals surface area contributed by atoms with Crippen LogP contribution in [0.1, 0.15) is 49.7 Å². The van der Waals surface area contributed by atoms with Gasteiger partial charge in [-0.1, -0.05) is 37.3 Å². The zero-order chi connectivity index (χ0) is 14.7. The van der Waals surface area contributed by atoms with Crippen LogP contribution in [0, 0.1) is 0 Å². The molecule has 0 bridgehead atoms. The van der Waals surface area contributed by atoms with Gasteiger partial charge in [0.15, 0.2) is 0 Å². The average Bonchev–Trinajstić information content (AvgIpc) is 3.39. The highest BCUT2D eigenvalue weighted by Gasteiger charge is 2.28.